The number of carbonyl (C=O) groups excluding carboxylic acids is 1. The van der Waals surface area contributed by atoms with Crippen molar-refractivity contribution in [3.63, 3.8) is 0 Å². The summed E-state index contributed by atoms with van der Waals surface area (Å²) in [4.78, 5) is 25.3. The van der Waals surface area contributed by atoms with E-state index in [1.165, 1.54) is 11.2 Å². The minimum atomic E-state index is -1.01. The van der Waals surface area contributed by atoms with Gasteiger partial charge in [0.15, 0.2) is 11.7 Å². The second kappa shape index (κ2) is 7.12. The van der Waals surface area contributed by atoms with E-state index in [2.05, 4.69) is 21.5 Å². The number of morpholine rings is 1. The van der Waals surface area contributed by atoms with Crippen molar-refractivity contribution in [3.05, 3.63) is 47.5 Å². The second-order valence-electron chi connectivity index (χ2n) is 5.43. The van der Waals surface area contributed by atoms with E-state index in [-0.39, 0.29) is 19.1 Å². The highest BCUT2D eigenvalue weighted by Gasteiger charge is 2.30. The van der Waals surface area contributed by atoms with Gasteiger partial charge < -0.3 is 15.4 Å². The van der Waals surface area contributed by atoms with Gasteiger partial charge in [-0.25, -0.2) is 14.4 Å². The molecule has 0 spiro atoms. The van der Waals surface area contributed by atoms with Crippen LogP contribution in [-0.4, -0.2) is 45.5 Å². The highest BCUT2D eigenvalue weighted by atomic mass is 35.5. The van der Waals surface area contributed by atoms with Gasteiger partial charge in [-0.1, -0.05) is 18.2 Å². The first kappa shape index (κ1) is 17.2. The zero-order valence-corrected chi connectivity index (χ0v) is 13.9. The molecule has 1 aromatic heterocycles. The van der Waals surface area contributed by atoms with Crippen LogP contribution in [0.3, 0.4) is 0 Å². The van der Waals surface area contributed by atoms with Gasteiger partial charge in [0, 0.05) is 17.1 Å². The van der Waals surface area contributed by atoms with E-state index in [1.807, 2.05) is 0 Å². The fraction of sp³-hybridized carbons (Fsp3) is 0.250. The first-order chi connectivity index (χ1) is 12.0. The molecule has 2 heterocycles. The van der Waals surface area contributed by atoms with Crippen LogP contribution in [0.5, 0.6) is 0 Å². The molecule has 2 aromatic rings. The van der Waals surface area contributed by atoms with E-state index < -0.39 is 17.8 Å². The summed E-state index contributed by atoms with van der Waals surface area (Å²) in [7, 11) is 0. The van der Waals surface area contributed by atoms with Crippen molar-refractivity contribution in [3.8, 4) is 11.4 Å². The third kappa shape index (κ3) is 3.75. The third-order valence-electron chi connectivity index (χ3n) is 3.77. The van der Waals surface area contributed by atoms with Gasteiger partial charge in [0.05, 0.1) is 19.3 Å². The Morgan fingerprint density at radius 1 is 1.40 bits per heavy atom. The minimum Gasteiger partial charge on any atom is -0.377 e. The van der Waals surface area contributed by atoms with E-state index >= 15 is 0 Å². The number of hydrogen-bond donors (Lipinski definition) is 1. The number of benzene rings is 1. The number of carbonyl (C=O) groups is 1. The van der Waals surface area contributed by atoms with Crippen LogP contribution in [0, 0.1) is 0 Å². The summed E-state index contributed by atoms with van der Waals surface area (Å²) in [6.45, 7) is 3.89. The molecular weight excluding hydrogens is 349 g/mol. The Bertz CT molecular complexity index is 832. The molecule has 9 heteroatoms. The van der Waals surface area contributed by atoms with E-state index in [9.17, 15) is 9.18 Å². The van der Waals surface area contributed by atoms with Gasteiger partial charge in [-0.3, -0.25) is 4.79 Å². The maximum atomic E-state index is 13.3. The molecule has 3 rings (SSSR count). The number of anilines is 1. The van der Waals surface area contributed by atoms with Crippen LogP contribution in [-0.2, 0) is 9.53 Å². The number of hydrogen-bond acceptors (Lipinski definition) is 6. The maximum Gasteiger partial charge on any atom is 0.282 e. The van der Waals surface area contributed by atoms with Gasteiger partial charge in [0.25, 0.3) is 5.91 Å². The number of nitrogens with two attached hydrogens (primary N) is 1. The highest BCUT2D eigenvalue weighted by Crippen LogP contribution is 2.31. The van der Waals surface area contributed by atoms with Crippen molar-refractivity contribution < 1.29 is 13.9 Å². The monoisotopic (exact) mass is 363 g/mol. The molecule has 0 radical (unpaired) electrons. The van der Waals surface area contributed by atoms with Gasteiger partial charge in [0.1, 0.15) is 6.33 Å². The molecule has 0 aliphatic carbocycles. The normalized spacial score (nSPS) is 17.4. The van der Waals surface area contributed by atoms with Crippen LogP contribution in [0.4, 0.5) is 10.3 Å². The zero-order valence-electron chi connectivity index (χ0n) is 13.2. The maximum absolute atomic E-state index is 13.3. The fourth-order valence-electron chi connectivity index (χ4n) is 2.66. The highest BCUT2D eigenvalue weighted by molar-refractivity contribution is 6.31. The number of ether oxygens (including phenoxy) is 1. The molecule has 1 atom stereocenters. The van der Waals surface area contributed by atoms with Gasteiger partial charge in [-0.15, -0.1) is 0 Å². The van der Waals surface area contributed by atoms with Gasteiger partial charge in [0.2, 0.25) is 5.95 Å². The van der Waals surface area contributed by atoms with E-state index in [0.29, 0.717) is 28.6 Å². The van der Waals surface area contributed by atoms with Crippen molar-refractivity contribution in [1.82, 2.24) is 19.9 Å². The lowest BCUT2D eigenvalue weighted by atomic mass is 10.0. The molecule has 1 aliphatic rings. The second-order valence-corrected chi connectivity index (χ2v) is 5.87. The Labute approximate surface area is 148 Å². The van der Waals surface area contributed by atoms with Crippen LogP contribution in [0.2, 0.25) is 5.02 Å². The lowest BCUT2D eigenvalue weighted by Gasteiger charge is -2.35. The zero-order chi connectivity index (χ0) is 18.0. The molecule has 1 aliphatic heterocycles. The molecule has 1 amide bonds. The first-order valence-electron chi connectivity index (χ1n) is 7.44. The van der Waals surface area contributed by atoms with Crippen LogP contribution >= 0.6 is 11.6 Å². The van der Waals surface area contributed by atoms with Crippen molar-refractivity contribution in [2.45, 2.75) is 6.04 Å². The quantitative estimate of drug-likeness (QED) is 0.840. The molecular formula is C16H15ClFN5O2. The predicted molar refractivity (Wildman–Crippen MR) is 90.2 cm³/mol. The SMILES string of the molecule is C=C(F)C(=O)N1CCOC[C@H]1c1cc(Cl)cc(-c2ncnc(N)n2)c1. The third-order valence-corrected chi connectivity index (χ3v) is 3.99. The van der Waals surface area contributed by atoms with Crippen LogP contribution in [0.15, 0.2) is 36.9 Å². The Hall–Kier alpha value is -2.58. The van der Waals surface area contributed by atoms with E-state index in [0.717, 1.165) is 0 Å². The van der Waals surface area contributed by atoms with Crippen LogP contribution in [0.1, 0.15) is 11.6 Å². The number of amides is 1. The van der Waals surface area contributed by atoms with Gasteiger partial charge in [-0.05, 0) is 23.8 Å². The number of rotatable bonds is 3. The number of halogens is 2. The minimum absolute atomic E-state index is 0.0815. The summed E-state index contributed by atoms with van der Waals surface area (Å²) < 4.78 is 18.8. The van der Waals surface area contributed by atoms with Crippen molar-refractivity contribution >= 4 is 23.5 Å². The summed E-state index contributed by atoms with van der Waals surface area (Å²) in [6.07, 6.45) is 1.30. The smallest absolute Gasteiger partial charge is 0.282 e. The summed E-state index contributed by atoms with van der Waals surface area (Å²) >= 11 is 6.21. The summed E-state index contributed by atoms with van der Waals surface area (Å²) in [5.74, 6) is -1.35. The molecule has 0 bridgehead atoms. The molecule has 2 N–H and O–H groups in total. The molecule has 1 saturated heterocycles. The lowest BCUT2D eigenvalue weighted by molar-refractivity contribution is -0.137. The molecule has 130 valence electrons. The molecule has 1 aromatic carbocycles. The number of aromatic nitrogens is 3. The van der Waals surface area contributed by atoms with Crippen molar-refractivity contribution in [2.75, 3.05) is 25.5 Å². The largest absolute Gasteiger partial charge is 0.377 e. The topological polar surface area (TPSA) is 94.2 Å². The summed E-state index contributed by atoms with van der Waals surface area (Å²) in [5, 5.41) is 0.420. The summed E-state index contributed by atoms with van der Waals surface area (Å²) in [5.41, 5.74) is 6.87. The predicted octanol–water partition coefficient (Wildman–Crippen LogP) is 2.16. The molecule has 1 fully saturated rings. The Kier molecular flexibility index (Phi) is 4.91. The van der Waals surface area contributed by atoms with Crippen LogP contribution in [0.25, 0.3) is 11.4 Å². The molecule has 0 saturated carbocycles. The van der Waals surface area contributed by atoms with Crippen LogP contribution < -0.4 is 5.73 Å². The molecule has 25 heavy (non-hydrogen) atoms. The molecule has 0 unspecified atom stereocenters. The summed E-state index contributed by atoms with van der Waals surface area (Å²) in [6, 6.07) is 4.63. The standard InChI is InChI=1S/C16H15ClFN5O2/c1-9(18)15(24)23-2-3-25-7-13(23)10-4-11(6-12(17)5-10)14-20-8-21-16(19)22-14/h4-6,8,13H,1-3,7H2,(H2,19,20,21,22)/t13-/m0/s1. The van der Waals surface area contributed by atoms with Gasteiger partial charge in [-0.2, -0.15) is 4.98 Å². The lowest BCUT2D eigenvalue weighted by Crippen LogP contribution is -2.43. The Balaban J connectivity index is 2.01. The van der Waals surface area contributed by atoms with Gasteiger partial charge >= 0.3 is 0 Å². The number of nitrogens with zero attached hydrogens (tertiary/aromatic N) is 4. The van der Waals surface area contributed by atoms with E-state index in [1.54, 1.807) is 18.2 Å². The van der Waals surface area contributed by atoms with Crippen molar-refractivity contribution in [1.29, 1.82) is 0 Å². The first-order valence-corrected chi connectivity index (χ1v) is 7.82. The Morgan fingerprint density at radius 2 is 2.20 bits per heavy atom. The fourth-order valence-corrected chi connectivity index (χ4v) is 2.90. The number of nitrogen functional groups attached to an aromatic ring is 1. The Morgan fingerprint density at radius 3 is 2.92 bits per heavy atom. The molecule has 7 nitrogen and oxygen atoms in total. The average Bonchev–Trinajstić information content (AvgIpc) is 2.60. The van der Waals surface area contributed by atoms with Crippen molar-refractivity contribution in [2.24, 2.45) is 0 Å². The van der Waals surface area contributed by atoms with E-state index in [4.69, 9.17) is 22.1 Å². The average molecular weight is 364 g/mol.